The third-order valence-electron chi connectivity index (χ3n) is 2.46. The van der Waals surface area contributed by atoms with Gasteiger partial charge in [-0.2, -0.15) is 0 Å². The Morgan fingerprint density at radius 2 is 2.28 bits per heavy atom. The van der Waals surface area contributed by atoms with Crippen LogP contribution in [0.5, 0.6) is 0 Å². The van der Waals surface area contributed by atoms with Crippen LogP contribution >= 0.6 is 15.9 Å². The molecule has 0 spiro atoms. The molecule has 0 fully saturated rings. The molecule has 0 aliphatic carbocycles. The van der Waals surface area contributed by atoms with Gasteiger partial charge in [-0.25, -0.2) is 4.39 Å². The van der Waals surface area contributed by atoms with Crippen molar-refractivity contribution in [3.63, 3.8) is 0 Å². The highest BCUT2D eigenvalue weighted by atomic mass is 79.9. The van der Waals surface area contributed by atoms with Crippen molar-refractivity contribution in [3.05, 3.63) is 35.1 Å². The topological polar surface area (TPSA) is 38.3 Å². The van der Waals surface area contributed by atoms with Crippen LogP contribution in [0.2, 0.25) is 0 Å². The van der Waals surface area contributed by atoms with Gasteiger partial charge in [0.05, 0.1) is 12.2 Å². The zero-order chi connectivity index (χ0) is 13.5. The molecule has 100 valence electrons. The van der Waals surface area contributed by atoms with Crippen molar-refractivity contribution in [2.24, 2.45) is 0 Å². The van der Waals surface area contributed by atoms with E-state index in [-0.39, 0.29) is 16.3 Å². The molecule has 1 amide bonds. The molecule has 3 nitrogen and oxygen atoms in total. The number of carbonyl (C=O) groups is 1. The molecule has 0 bridgehead atoms. The standard InChI is InChI=1S/C13H17BrFNO2/c1-9-3-4-11(12(15)7-9)13(17)16-6-5-10(14)8-18-2/h3-4,7,10H,5-6,8H2,1-2H3,(H,16,17). The lowest BCUT2D eigenvalue weighted by Gasteiger charge is -2.10. The number of benzene rings is 1. The Bertz CT molecular complexity index is 412. The Labute approximate surface area is 115 Å². The van der Waals surface area contributed by atoms with Crippen molar-refractivity contribution in [3.8, 4) is 0 Å². The minimum atomic E-state index is -0.486. The maximum atomic E-state index is 13.5. The second kappa shape index (κ2) is 7.48. The van der Waals surface area contributed by atoms with Crippen molar-refractivity contribution in [1.82, 2.24) is 5.32 Å². The molecule has 1 unspecified atom stereocenters. The minimum Gasteiger partial charge on any atom is -0.384 e. The van der Waals surface area contributed by atoms with Crippen molar-refractivity contribution in [2.45, 2.75) is 18.2 Å². The fourth-order valence-corrected chi connectivity index (χ4v) is 2.00. The molecule has 5 heteroatoms. The number of nitrogens with one attached hydrogen (secondary N) is 1. The van der Waals surface area contributed by atoms with Crippen molar-refractivity contribution in [2.75, 3.05) is 20.3 Å². The SMILES string of the molecule is COCC(Br)CCNC(=O)c1ccc(C)cc1F. The largest absolute Gasteiger partial charge is 0.384 e. The Hall–Kier alpha value is -0.940. The van der Waals surface area contributed by atoms with E-state index < -0.39 is 5.82 Å². The summed E-state index contributed by atoms with van der Waals surface area (Å²) < 4.78 is 18.5. The fraction of sp³-hybridized carbons (Fsp3) is 0.462. The maximum absolute atomic E-state index is 13.5. The molecule has 1 N–H and O–H groups in total. The molecule has 0 saturated carbocycles. The number of alkyl halides is 1. The molecule has 0 aliphatic rings. The summed E-state index contributed by atoms with van der Waals surface area (Å²) in [7, 11) is 1.62. The molecule has 0 aliphatic heterocycles. The van der Waals surface area contributed by atoms with E-state index in [9.17, 15) is 9.18 Å². The number of aryl methyl sites for hydroxylation is 1. The van der Waals surface area contributed by atoms with Crippen LogP contribution in [0.1, 0.15) is 22.3 Å². The van der Waals surface area contributed by atoms with Gasteiger partial charge < -0.3 is 10.1 Å². The Morgan fingerprint density at radius 3 is 2.89 bits per heavy atom. The number of hydrogen-bond acceptors (Lipinski definition) is 2. The number of rotatable bonds is 6. The molecular weight excluding hydrogens is 301 g/mol. The monoisotopic (exact) mass is 317 g/mol. The fourth-order valence-electron chi connectivity index (χ4n) is 1.51. The van der Waals surface area contributed by atoms with Gasteiger partial charge in [0.2, 0.25) is 0 Å². The van der Waals surface area contributed by atoms with Crippen LogP contribution in [0.25, 0.3) is 0 Å². The summed E-state index contributed by atoms with van der Waals surface area (Å²) >= 11 is 3.42. The molecule has 1 aromatic carbocycles. The minimum absolute atomic E-state index is 0.0819. The summed E-state index contributed by atoms with van der Waals surface area (Å²) in [6.45, 7) is 2.84. The van der Waals surface area contributed by atoms with Gasteiger partial charge in [0.15, 0.2) is 0 Å². The van der Waals surface area contributed by atoms with E-state index in [1.54, 1.807) is 20.1 Å². The average molecular weight is 318 g/mol. The smallest absolute Gasteiger partial charge is 0.254 e. The quantitative estimate of drug-likeness (QED) is 0.819. The summed E-state index contributed by atoms with van der Waals surface area (Å²) in [5.41, 5.74) is 0.878. The average Bonchev–Trinajstić information content (AvgIpc) is 2.29. The molecule has 18 heavy (non-hydrogen) atoms. The Morgan fingerprint density at radius 1 is 1.56 bits per heavy atom. The number of halogens is 2. The predicted octanol–water partition coefficient (Wildman–Crippen LogP) is 2.66. The summed E-state index contributed by atoms with van der Waals surface area (Å²) in [5.74, 6) is -0.871. The Kier molecular flexibility index (Phi) is 6.29. The van der Waals surface area contributed by atoms with Crippen LogP contribution in [-0.2, 0) is 4.74 Å². The Balaban J connectivity index is 2.45. The molecule has 1 atom stereocenters. The van der Waals surface area contributed by atoms with Gasteiger partial charge >= 0.3 is 0 Å². The predicted molar refractivity (Wildman–Crippen MR) is 72.7 cm³/mol. The molecule has 1 rings (SSSR count). The van der Waals surface area contributed by atoms with Crippen LogP contribution in [0.15, 0.2) is 18.2 Å². The van der Waals surface area contributed by atoms with Crippen molar-refractivity contribution in [1.29, 1.82) is 0 Å². The van der Waals surface area contributed by atoms with Gasteiger partial charge in [-0.05, 0) is 31.0 Å². The van der Waals surface area contributed by atoms with E-state index in [0.717, 1.165) is 12.0 Å². The second-order valence-electron chi connectivity index (χ2n) is 4.08. The molecule has 1 aromatic rings. The van der Waals surface area contributed by atoms with Gasteiger partial charge in [0, 0.05) is 18.5 Å². The summed E-state index contributed by atoms with van der Waals surface area (Å²) in [4.78, 5) is 11.9. The second-order valence-corrected chi connectivity index (χ2v) is 5.38. The number of carbonyl (C=O) groups excluding carboxylic acids is 1. The summed E-state index contributed by atoms with van der Waals surface area (Å²) in [6, 6.07) is 4.57. The number of amides is 1. The van der Waals surface area contributed by atoms with Crippen molar-refractivity contribution >= 4 is 21.8 Å². The van der Waals surface area contributed by atoms with Gasteiger partial charge in [-0.3, -0.25) is 4.79 Å². The first-order valence-electron chi connectivity index (χ1n) is 5.72. The van der Waals surface area contributed by atoms with Gasteiger partial charge in [0.1, 0.15) is 5.82 Å². The summed E-state index contributed by atoms with van der Waals surface area (Å²) in [5, 5.41) is 2.68. The highest BCUT2D eigenvalue weighted by Crippen LogP contribution is 2.10. The number of hydrogen-bond donors (Lipinski definition) is 1. The molecule has 0 heterocycles. The highest BCUT2D eigenvalue weighted by molar-refractivity contribution is 9.09. The first kappa shape index (κ1) is 15.1. The maximum Gasteiger partial charge on any atom is 0.254 e. The normalized spacial score (nSPS) is 12.2. The summed E-state index contributed by atoms with van der Waals surface area (Å²) in [6.07, 6.45) is 0.729. The van der Waals surface area contributed by atoms with E-state index in [1.165, 1.54) is 12.1 Å². The van der Waals surface area contributed by atoms with Gasteiger partial charge in [0.25, 0.3) is 5.91 Å². The lowest BCUT2D eigenvalue weighted by Crippen LogP contribution is -2.27. The zero-order valence-corrected chi connectivity index (χ0v) is 12.1. The zero-order valence-electron chi connectivity index (χ0n) is 10.5. The van der Waals surface area contributed by atoms with E-state index in [2.05, 4.69) is 21.2 Å². The molecule has 0 radical (unpaired) electrons. The molecule has 0 saturated heterocycles. The van der Waals surface area contributed by atoms with Gasteiger partial charge in [-0.1, -0.05) is 22.0 Å². The third-order valence-corrected chi connectivity index (χ3v) is 3.18. The van der Waals surface area contributed by atoms with E-state index in [1.807, 2.05) is 0 Å². The lowest BCUT2D eigenvalue weighted by molar-refractivity contribution is 0.0948. The first-order chi connectivity index (χ1) is 8.54. The van der Waals surface area contributed by atoms with Crippen LogP contribution < -0.4 is 5.32 Å². The highest BCUT2D eigenvalue weighted by Gasteiger charge is 2.11. The number of ether oxygens (including phenoxy) is 1. The van der Waals surface area contributed by atoms with Crippen LogP contribution in [0.3, 0.4) is 0 Å². The van der Waals surface area contributed by atoms with E-state index in [0.29, 0.717) is 13.2 Å². The first-order valence-corrected chi connectivity index (χ1v) is 6.63. The lowest BCUT2D eigenvalue weighted by atomic mass is 10.1. The van der Waals surface area contributed by atoms with Crippen LogP contribution in [0.4, 0.5) is 4.39 Å². The molecular formula is C13H17BrFNO2. The van der Waals surface area contributed by atoms with Gasteiger partial charge in [-0.15, -0.1) is 0 Å². The van der Waals surface area contributed by atoms with Crippen LogP contribution in [0, 0.1) is 12.7 Å². The van der Waals surface area contributed by atoms with Crippen LogP contribution in [-0.4, -0.2) is 31.0 Å². The van der Waals surface area contributed by atoms with E-state index >= 15 is 0 Å². The third kappa shape index (κ3) is 4.74. The molecule has 0 aromatic heterocycles. The number of methoxy groups -OCH3 is 1. The van der Waals surface area contributed by atoms with E-state index in [4.69, 9.17) is 4.74 Å². The van der Waals surface area contributed by atoms with Crippen molar-refractivity contribution < 1.29 is 13.9 Å².